The van der Waals surface area contributed by atoms with Gasteiger partial charge in [0.2, 0.25) is 5.89 Å². The van der Waals surface area contributed by atoms with Crippen LogP contribution >= 0.6 is 0 Å². The van der Waals surface area contributed by atoms with E-state index in [1.54, 1.807) is 0 Å². The number of oxazole rings is 1. The third-order valence-corrected chi connectivity index (χ3v) is 11.3. The fraction of sp³-hybridized carbons (Fsp3) is 0.0192. The van der Waals surface area contributed by atoms with E-state index in [2.05, 4.69) is 181 Å². The largest absolute Gasteiger partial charge is 0.435 e. The molecule has 0 atom stereocenters. The summed E-state index contributed by atoms with van der Waals surface area (Å²) in [5.74, 6) is 0.628. The highest BCUT2D eigenvalue weighted by Gasteiger charge is 2.45. The van der Waals surface area contributed by atoms with Crippen LogP contribution in [0.25, 0.3) is 55.2 Å². The van der Waals surface area contributed by atoms with Gasteiger partial charge in [-0.25, -0.2) is 4.98 Å². The summed E-state index contributed by atoms with van der Waals surface area (Å²) in [4.78, 5) is 7.26. The molecular weight excluding hydrogens is 669 g/mol. The maximum absolute atomic E-state index is 6.58. The Hall–Kier alpha value is -7.23. The summed E-state index contributed by atoms with van der Waals surface area (Å²) < 4.78 is 6.58. The standard InChI is InChI=1S/C52H34N2O/c1-4-14-37(15-5-1)51-53-48-33-27-36-25-24-35-26-30-42(34-45(35)49(36)50(48)55-51)54(40-18-8-3-9-19-40)41-31-28-39(29-32-41)52(38-16-6-2-7-17-38)46-22-12-10-20-43(46)44-21-11-13-23-47(44)52/h1-34H. The van der Waals surface area contributed by atoms with Gasteiger partial charge in [0.1, 0.15) is 5.52 Å². The summed E-state index contributed by atoms with van der Waals surface area (Å²) in [5, 5.41) is 4.45. The van der Waals surface area contributed by atoms with Crippen molar-refractivity contribution in [3.05, 3.63) is 229 Å². The van der Waals surface area contributed by atoms with E-state index in [0.717, 1.165) is 55.3 Å². The lowest BCUT2D eigenvalue weighted by molar-refractivity contribution is 0.623. The van der Waals surface area contributed by atoms with Crippen LogP contribution in [0, 0.1) is 0 Å². The van der Waals surface area contributed by atoms with Gasteiger partial charge in [0.15, 0.2) is 5.58 Å². The molecule has 1 aliphatic rings. The van der Waals surface area contributed by atoms with Gasteiger partial charge in [-0.15, -0.1) is 0 Å². The molecule has 55 heavy (non-hydrogen) atoms. The van der Waals surface area contributed by atoms with E-state index < -0.39 is 5.41 Å². The smallest absolute Gasteiger partial charge is 0.227 e. The van der Waals surface area contributed by atoms with Crippen LogP contribution < -0.4 is 4.90 Å². The molecular formula is C52H34N2O. The predicted octanol–water partition coefficient (Wildman–Crippen LogP) is 13.6. The van der Waals surface area contributed by atoms with Gasteiger partial charge in [0, 0.05) is 28.0 Å². The molecule has 1 aliphatic carbocycles. The molecule has 3 nitrogen and oxygen atoms in total. The van der Waals surface area contributed by atoms with Crippen molar-refractivity contribution in [2.24, 2.45) is 0 Å². The summed E-state index contributed by atoms with van der Waals surface area (Å²) >= 11 is 0. The summed E-state index contributed by atoms with van der Waals surface area (Å²) in [5.41, 5.74) is 13.1. The van der Waals surface area contributed by atoms with E-state index in [1.807, 2.05) is 30.3 Å². The molecule has 0 aliphatic heterocycles. The number of rotatable bonds is 6. The fourth-order valence-electron chi connectivity index (χ4n) is 8.95. The van der Waals surface area contributed by atoms with Crippen molar-refractivity contribution >= 4 is 49.7 Å². The van der Waals surface area contributed by atoms with Crippen LogP contribution in [0.5, 0.6) is 0 Å². The number of hydrogen-bond acceptors (Lipinski definition) is 3. The van der Waals surface area contributed by atoms with E-state index in [1.165, 1.54) is 33.4 Å². The normalized spacial score (nSPS) is 12.9. The first kappa shape index (κ1) is 31.3. The van der Waals surface area contributed by atoms with E-state index in [-0.39, 0.29) is 0 Å². The number of anilines is 3. The zero-order chi connectivity index (χ0) is 36.3. The Labute approximate surface area is 319 Å². The molecule has 0 saturated carbocycles. The van der Waals surface area contributed by atoms with Crippen LogP contribution in [-0.4, -0.2) is 4.98 Å². The van der Waals surface area contributed by atoms with Gasteiger partial charge in [-0.3, -0.25) is 0 Å². The van der Waals surface area contributed by atoms with E-state index in [4.69, 9.17) is 9.40 Å². The monoisotopic (exact) mass is 702 g/mol. The molecule has 258 valence electrons. The SMILES string of the molecule is c1ccc(-c2nc3ccc4ccc5ccc(N(c6ccccc6)c6ccc(C7(c8ccccc8)c8ccccc8-c8ccccc87)cc6)cc5c4c3o2)cc1. The van der Waals surface area contributed by atoms with Crippen LogP contribution in [-0.2, 0) is 5.41 Å². The van der Waals surface area contributed by atoms with Crippen molar-refractivity contribution in [1.29, 1.82) is 0 Å². The zero-order valence-electron chi connectivity index (χ0n) is 29.9. The minimum Gasteiger partial charge on any atom is -0.435 e. The van der Waals surface area contributed by atoms with Gasteiger partial charge in [-0.05, 0) is 104 Å². The molecule has 0 bridgehead atoms. The molecule has 0 saturated heterocycles. The average Bonchev–Trinajstić information content (AvgIpc) is 3.83. The Bertz CT molecular complexity index is 2980. The van der Waals surface area contributed by atoms with Crippen LogP contribution in [0.1, 0.15) is 22.3 Å². The Balaban J connectivity index is 1.10. The van der Waals surface area contributed by atoms with Gasteiger partial charge in [0.05, 0.1) is 5.41 Å². The predicted molar refractivity (Wildman–Crippen MR) is 226 cm³/mol. The highest BCUT2D eigenvalue weighted by atomic mass is 16.3. The molecule has 0 unspecified atom stereocenters. The Morgan fingerprint density at radius 1 is 0.436 bits per heavy atom. The van der Waals surface area contributed by atoms with E-state index >= 15 is 0 Å². The lowest BCUT2D eigenvalue weighted by atomic mass is 9.68. The van der Waals surface area contributed by atoms with Gasteiger partial charge >= 0.3 is 0 Å². The Morgan fingerprint density at radius 2 is 0.964 bits per heavy atom. The van der Waals surface area contributed by atoms with E-state index in [9.17, 15) is 0 Å². The van der Waals surface area contributed by atoms with Crippen LogP contribution in [0.15, 0.2) is 211 Å². The lowest BCUT2D eigenvalue weighted by Gasteiger charge is -2.34. The number of hydrogen-bond donors (Lipinski definition) is 0. The lowest BCUT2D eigenvalue weighted by Crippen LogP contribution is -2.28. The molecule has 3 heteroatoms. The number of aromatic nitrogens is 1. The third kappa shape index (κ3) is 4.80. The highest BCUT2D eigenvalue weighted by Crippen LogP contribution is 2.56. The second-order valence-electron chi connectivity index (χ2n) is 14.3. The molecule has 1 aromatic heterocycles. The minimum atomic E-state index is -0.451. The fourth-order valence-corrected chi connectivity index (χ4v) is 8.95. The first-order chi connectivity index (χ1) is 27.3. The van der Waals surface area contributed by atoms with Crippen molar-refractivity contribution in [2.45, 2.75) is 5.41 Å². The summed E-state index contributed by atoms with van der Waals surface area (Å²) in [6.07, 6.45) is 0. The van der Waals surface area contributed by atoms with Gasteiger partial charge in [-0.1, -0.05) is 152 Å². The number of fused-ring (bicyclic) bond motifs is 8. The second-order valence-corrected chi connectivity index (χ2v) is 14.3. The molecule has 9 aromatic carbocycles. The molecule has 0 radical (unpaired) electrons. The summed E-state index contributed by atoms with van der Waals surface area (Å²) in [6, 6.07) is 74.1. The number of benzene rings is 9. The number of nitrogens with zero attached hydrogens (tertiary/aromatic N) is 2. The van der Waals surface area contributed by atoms with Crippen molar-refractivity contribution < 1.29 is 4.42 Å². The van der Waals surface area contributed by atoms with Crippen molar-refractivity contribution in [1.82, 2.24) is 4.98 Å². The minimum absolute atomic E-state index is 0.451. The molecule has 0 N–H and O–H groups in total. The van der Waals surface area contributed by atoms with Crippen LogP contribution in [0.2, 0.25) is 0 Å². The maximum atomic E-state index is 6.58. The number of para-hydroxylation sites is 1. The van der Waals surface area contributed by atoms with E-state index in [0.29, 0.717) is 5.89 Å². The Kier molecular flexibility index (Phi) is 7.08. The van der Waals surface area contributed by atoms with Gasteiger partial charge in [-0.2, -0.15) is 0 Å². The molecule has 10 aromatic rings. The average molecular weight is 703 g/mol. The quantitative estimate of drug-likeness (QED) is 0.162. The molecule has 0 fully saturated rings. The van der Waals surface area contributed by atoms with Crippen molar-refractivity contribution in [3.8, 4) is 22.6 Å². The molecule has 0 spiro atoms. The second kappa shape index (κ2) is 12.4. The topological polar surface area (TPSA) is 29.3 Å². The summed E-state index contributed by atoms with van der Waals surface area (Å²) in [6.45, 7) is 0. The maximum Gasteiger partial charge on any atom is 0.227 e. The molecule has 0 amide bonds. The first-order valence-corrected chi connectivity index (χ1v) is 18.8. The van der Waals surface area contributed by atoms with Crippen molar-refractivity contribution in [3.63, 3.8) is 0 Å². The zero-order valence-corrected chi connectivity index (χ0v) is 29.9. The first-order valence-electron chi connectivity index (χ1n) is 18.8. The molecule has 1 heterocycles. The molecule has 11 rings (SSSR count). The summed E-state index contributed by atoms with van der Waals surface area (Å²) in [7, 11) is 0. The van der Waals surface area contributed by atoms with Crippen LogP contribution in [0.3, 0.4) is 0 Å². The van der Waals surface area contributed by atoms with Crippen LogP contribution in [0.4, 0.5) is 17.1 Å². The highest BCUT2D eigenvalue weighted by molar-refractivity contribution is 6.18. The Morgan fingerprint density at radius 3 is 1.67 bits per heavy atom. The van der Waals surface area contributed by atoms with Gasteiger partial charge < -0.3 is 9.32 Å². The van der Waals surface area contributed by atoms with Crippen molar-refractivity contribution in [2.75, 3.05) is 4.90 Å². The van der Waals surface area contributed by atoms with Gasteiger partial charge in [0.25, 0.3) is 0 Å². The third-order valence-electron chi connectivity index (χ3n) is 11.3.